The number of aryl methyl sites for hydroxylation is 1. The minimum absolute atomic E-state index is 0.0531. The Bertz CT molecular complexity index is 1470. The normalized spacial score (nSPS) is 11.3. The van der Waals surface area contributed by atoms with E-state index in [2.05, 4.69) is 16.4 Å². The minimum Gasteiger partial charge on any atom is -0.457 e. The average Bonchev–Trinajstić information content (AvgIpc) is 3.37. The van der Waals surface area contributed by atoms with Crippen LogP contribution in [0.15, 0.2) is 80.5 Å². The van der Waals surface area contributed by atoms with Crippen molar-refractivity contribution in [3.05, 3.63) is 94.0 Å². The highest BCUT2D eigenvalue weighted by Crippen LogP contribution is 2.33. The summed E-state index contributed by atoms with van der Waals surface area (Å²) in [6.45, 7) is 2.21. The molecule has 2 N–H and O–H groups in total. The van der Waals surface area contributed by atoms with Crippen molar-refractivity contribution in [3.8, 4) is 11.3 Å². The van der Waals surface area contributed by atoms with E-state index in [4.69, 9.17) is 8.83 Å². The van der Waals surface area contributed by atoms with Crippen molar-refractivity contribution in [1.29, 1.82) is 0 Å². The van der Waals surface area contributed by atoms with Crippen LogP contribution in [0.1, 0.15) is 16.9 Å². The molecule has 0 unspecified atom stereocenters. The maximum atomic E-state index is 12.8. The fourth-order valence-electron chi connectivity index (χ4n) is 4.04. The molecular formula is C26H22N2O4. The van der Waals surface area contributed by atoms with Crippen molar-refractivity contribution in [2.24, 2.45) is 0 Å². The smallest absolute Gasteiger partial charge is 0.228 e. The number of para-hydroxylation sites is 1. The molecule has 160 valence electrons. The van der Waals surface area contributed by atoms with Crippen LogP contribution in [-0.2, 0) is 17.6 Å². The number of aromatic nitrogens is 1. The zero-order chi connectivity index (χ0) is 22.1. The van der Waals surface area contributed by atoms with Gasteiger partial charge in [-0.2, -0.15) is 0 Å². The summed E-state index contributed by atoms with van der Waals surface area (Å²) < 4.78 is 11.7. The molecule has 0 saturated carbocycles. The maximum Gasteiger partial charge on any atom is 0.228 e. The molecule has 3 heterocycles. The highest BCUT2D eigenvalue weighted by Gasteiger charge is 2.22. The van der Waals surface area contributed by atoms with Crippen molar-refractivity contribution in [2.45, 2.75) is 19.8 Å². The molecule has 0 spiro atoms. The fourth-order valence-corrected chi connectivity index (χ4v) is 4.04. The molecule has 0 saturated heterocycles. The highest BCUT2D eigenvalue weighted by molar-refractivity contribution is 5.90. The summed E-state index contributed by atoms with van der Waals surface area (Å²) in [5.41, 5.74) is 3.82. The number of fused-ring (bicyclic) bond motifs is 2. The Labute approximate surface area is 183 Å². The zero-order valence-electron chi connectivity index (χ0n) is 17.6. The summed E-state index contributed by atoms with van der Waals surface area (Å²) in [4.78, 5) is 28.5. The molecule has 5 aromatic rings. The van der Waals surface area contributed by atoms with E-state index >= 15 is 0 Å². The first-order chi connectivity index (χ1) is 15.6. The standard InChI is InChI=1S/C26H22N2O4/c1-16-13-22(29)26-25(31-16)20(24(32-26)17-7-3-2-4-8-17)14-23(30)27-12-11-18-15-28-21-10-6-5-9-19(18)21/h2-10,13,15,28H,11-12,14H2,1H3,(H,27,30). The summed E-state index contributed by atoms with van der Waals surface area (Å²) in [6.07, 6.45) is 2.74. The van der Waals surface area contributed by atoms with Crippen LogP contribution in [0.25, 0.3) is 33.4 Å². The molecule has 6 heteroatoms. The van der Waals surface area contributed by atoms with Crippen molar-refractivity contribution >= 4 is 28.0 Å². The molecule has 0 bridgehead atoms. The lowest BCUT2D eigenvalue weighted by Gasteiger charge is -2.06. The van der Waals surface area contributed by atoms with Gasteiger partial charge in [-0.05, 0) is 25.0 Å². The Morgan fingerprint density at radius 2 is 1.78 bits per heavy atom. The number of aromatic amines is 1. The van der Waals surface area contributed by atoms with E-state index in [1.54, 1.807) is 6.92 Å². The second kappa shape index (κ2) is 8.23. The van der Waals surface area contributed by atoms with E-state index in [0.717, 1.165) is 22.0 Å². The average molecular weight is 426 g/mol. The Morgan fingerprint density at radius 1 is 1.00 bits per heavy atom. The van der Waals surface area contributed by atoms with Crippen LogP contribution in [-0.4, -0.2) is 17.4 Å². The largest absolute Gasteiger partial charge is 0.457 e. The highest BCUT2D eigenvalue weighted by atomic mass is 16.4. The summed E-state index contributed by atoms with van der Waals surface area (Å²) >= 11 is 0. The predicted octanol–water partition coefficient (Wildman–Crippen LogP) is 4.74. The molecular weight excluding hydrogens is 404 g/mol. The Hall–Kier alpha value is -4.06. The maximum absolute atomic E-state index is 12.8. The Morgan fingerprint density at radius 3 is 2.62 bits per heavy atom. The van der Waals surface area contributed by atoms with Crippen LogP contribution >= 0.6 is 0 Å². The topological polar surface area (TPSA) is 88.2 Å². The number of benzene rings is 2. The molecule has 1 amide bonds. The number of carbonyl (C=O) groups excluding carboxylic acids is 1. The number of nitrogens with one attached hydrogen (secondary N) is 2. The van der Waals surface area contributed by atoms with Crippen LogP contribution in [0, 0.1) is 6.92 Å². The number of carbonyl (C=O) groups is 1. The van der Waals surface area contributed by atoms with Crippen LogP contribution in [0.3, 0.4) is 0 Å². The monoisotopic (exact) mass is 426 g/mol. The van der Waals surface area contributed by atoms with Gasteiger partial charge in [-0.25, -0.2) is 0 Å². The second-order valence-electron chi connectivity index (χ2n) is 7.79. The third kappa shape index (κ3) is 3.71. The van der Waals surface area contributed by atoms with Gasteiger partial charge in [0.25, 0.3) is 0 Å². The molecule has 0 radical (unpaired) electrons. The molecule has 5 rings (SSSR count). The van der Waals surface area contributed by atoms with Gasteiger partial charge in [0.15, 0.2) is 5.58 Å². The van der Waals surface area contributed by atoms with Gasteiger partial charge in [-0.1, -0.05) is 48.5 Å². The first-order valence-electron chi connectivity index (χ1n) is 10.5. The van der Waals surface area contributed by atoms with Crippen molar-refractivity contribution in [3.63, 3.8) is 0 Å². The van der Waals surface area contributed by atoms with E-state index in [1.165, 1.54) is 6.07 Å². The number of H-pyrrole nitrogens is 1. The number of furan rings is 1. The van der Waals surface area contributed by atoms with Gasteiger partial charge in [-0.3, -0.25) is 9.59 Å². The second-order valence-corrected chi connectivity index (χ2v) is 7.79. The van der Waals surface area contributed by atoms with Gasteiger partial charge >= 0.3 is 0 Å². The summed E-state index contributed by atoms with van der Waals surface area (Å²) in [7, 11) is 0. The lowest BCUT2D eigenvalue weighted by Crippen LogP contribution is -2.27. The molecule has 0 aliphatic carbocycles. The first kappa shape index (κ1) is 19.9. The molecule has 32 heavy (non-hydrogen) atoms. The lowest BCUT2D eigenvalue weighted by molar-refractivity contribution is -0.120. The van der Waals surface area contributed by atoms with E-state index in [-0.39, 0.29) is 23.3 Å². The van der Waals surface area contributed by atoms with Gasteiger partial charge in [0.05, 0.1) is 12.0 Å². The number of hydrogen-bond donors (Lipinski definition) is 2. The van der Waals surface area contributed by atoms with Gasteiger partial charge in [0.2, 0.25) is 16.9 Å². The zero-order valence-corrected chi connectivity index (χ0v) is 17.6. The molecule has 0 fully saturated rings. The van der Waals surface area contributed by atoms with Crippen molar-refractivity contribution < 1.29 is 13.6 Å². The predicted molar refractivity (Wildman–Crippen MR) is 124 cm³/mol. The first-order valence-corrected chi connectivity index (χ1v) is 10.5. The molecule has 2 aromatic carbocycles. The quantitative estimate of drug-likeness (QED) is 0.410. The van der Waals surface area contributed by atoms with Crippen LogP contribution in [0.2, 0.25) is 0 Å². The third-order valence-corrected chi connectivity index (χ3v) is 5.54. The van der Waals surface area contributed by atoms with Crippen molar-refractivity contribution in [1.82, 2.24) is 10.3 Å². The molecule has 0 aliphatic heterocycles. The molecule has 0 aliphatic rings. The van der Waals surface area contributed by atoms with Crippen LogP contribution < -0.4 is 10.7 Å². The Kier molecular flexibility index (Phi) is 5.11. The lowest BCUT2D eigenvalue weighted by atomic mass is 10.1. The van der Waals surface area contributed by atoms with E-state index in [9.17, 15) is 9.59 Å². The van der Waals surface area contributed by atoms with E-state index < -0.39 is 0 Å². The number of rotatable bonds is 6. The number of amides is 1. The fraction of sp³-hybridized carbons (Fsp3) is 0.154. The van der Waals surface area contributed by atoms with Crippen LogP contribution in [0.5, 0.6) is 0 Å². The summed E-state index contributed by atoms with van der Waals surface area (Å²) in [5, 5.41) is 4.14. The minimum atomic E-state index is -0.257. The van der Waals surface area contributed by atoms with Gasteiger partial charge < -0.3 is 19.1 Å². The van der Waals surface area contributed by atoms with Gasteiger partial charge in [-0.15, -0.1) is 0 Å². The number of hydrogen-bond acceptors (Lipinski definition) is 4. The third-order valence-electron chi connectivity index (χ3n) is 5.54. The summed E-state index contributed by atoms with van der Waals surface area (Å²) in [6, 6.07) is 18.9. The summed E-state index contributed by atoms with van der Waals surface area (Å²) in [5.74, 6) is 0.802. The Balaban J connectivity index is 1.39. The molecule has 0 atom stereocenters. The van der Waals surface area contributed by atoms with Crippen LogP contribution in [0.4, 0.5) is 0 Å². The molecule has 3 aromatic heterocycles. The van der Waals surface area contributed by atoms with Gasteiger partial charge in [0, 0.05) is 35.3 Å². The van der Waals surface area contributed by atoms with Gasteiger partial charge in [0.1, 0.15) is 11.5 Å². The van der Waals surface area contributed by atoms with E-state index in [0.29, 0.717) is 35.6 Å². The SMILES string of the molecule is Cc1cc(=O)c2oc(-c3ccccc3)c(CC(=O)NCCc3c[nH]c4ccccc34)c2o1. The molecule has 6 nitrogen and oxygen atoms in total. The van der Waals surface area contributed by atoms with E-state index in [1.807, 2.05) is 54.7 Å². The van der Waals surface area contributed by atoms with Crippen molar-refractivity contribution in [2.75, 3.05) is 6.54 Å².